The smallest absolute Gasteiger partial charge is 0.270 e. The Morgan fingerprint density at radius 2 is 1.66 bits per heavy atom. The summed E-state index contributed by atoms with van der Waals surface area (Å²) in [6.07, 6.45) is 0.770. The molecule has 0 aromatic heterocycles. The topological polar surface area (TPSA) is 106 Å². The van der Waals surface area contributed by atoms with E-state index in [0.29, 0.717) is 5.56 Å². The fourth-order valence-electron chi connectivity index (χ4n) is 2.78. The summed E-state index contributed by atoms with van der Waals surface area (Å²) < 4.78 is 27.9. The third kappa shape index (κ3) is 4.49. The number of hydrogen-bond donors (Lipinski definition) is 1. The van der Waals surface area contributed by atoms with Crippen LogP contribution in [0.4, 0.5) is 11.4 Å². The summed E-state index contributed by atoms with van der Waals surface area (Å²) in [6.45, 7) is 1.96. The summed E-state index contributed by atoms with van der Waals surface area (Å²) in [5.41, 5.74) is 0.850. The van der Waals surface area contributed by atoms with Gasteiger partial charge in [-0.2, -0.15) is 0 Å². The maximum atomic E-state index is 12.9. The SMILES string of the molecule is CCc1ccc(S(=O)(=O)Nc2ccc([N+](=O)[O-])cc2C(=O)c2ccccc2)cc1. The molecule has 0 spiro atoms. The maximum Gasteiger partial charge on any atom is 0.270 e. The van der Waals surface area contributed by atoms with E-state index >= 15 is 0 Å². The number of anilines is 1. The molecule has 0 bridgehead atoms. The number of non-ortho nitro benzene ring substituents is 1. The number of rotatable bonds is 7. The third-order valence-electron chi connectivity index (χ3n) is 4.38. The van der Waals surface area contributed by atoms with E-state index in [2.05, 4.69) is 4.72 Å². The number of aryl methyl sites for hydroxylation is 1. The number of sulfonamides is 1. The van der Waals surface area contributed by atoms with Crippen molar-refractivity contribution in [2.24, 2.45) is 0 Å². The van der Waals surface area contributed by atoms with Crippen LogP contribution in [0.2, 0.25) is 0 Å². The van der Waals surface area contributed by atoms with E-state index in [9.17, 15) is 23.3 Å². The second-order valence-corrected chi connectivity index (χ2v) is 7.97. The van der Waals surface area contributed by atoms with Gasteiger partial charge in [0.15, 0.2) is 5.78 Å². The molecule has 3 aromatic rings. The minimum Gasteiger partial charge on any atom is -0.289 e. The zero-order valence-electron chi connectivity index (χ0n) is 15.5. The highest BCUT2D eigenvalue weighted by molar-refractivity contribution is 7.92. The van der Waals surface area contributed by atoms with Gasteiger partial charge in [0.1, 0.15) is 0 Å². The number of nitrogens with zero attached hydrogens (tertiary/aromatic N) is 1. The van der Waals surface area contributed by atoms with Crippen LogP contribution >= 0.6 is 0 Å². The lowest BCUT2D eigenvalue weighted by Crippen LogP contribution is -2.16. The van der Waals surface area contributed by atoms with Crippen molar-refractivity contribution in [1.82, 2.24) is 0 Å². The van der Waals surface area contributed by atoms with E-state index in [1.807, 2.05) is 6.92 Å². The summed E-state index contributed by atoms with van der Waals surface area (Å²) in [7, 11) is -3.98. The van der Waals surface area contributed by atoms with Crippen molar-refractivity contribution >= 4 is 27.2 Å². The molecule has 0 heterocycles. The fourth-order valence-corrected chi connectivity index (χ4v) is 3.86. The Balaban J connectivity index is 2.04. The van der Waals surface area contributed by atoms with Crippen LogP contribution < -0.4 is 4.72 Å². The van der Waals surface area contributed by atoms with Gasteiger partial charge in [-0.15, -0.1) is 0 Å². The molecule has 0 atom stereocenters. The van der Waals surface area contributed by atoms with E-state index in [1.165, 1.54) is 18.2 Å². The highest BCUT2D eigenvalue weighted by Crippen LogP contribution is 2.27. The molecule has 3 aromatic carbocycles. The average Bonchev–Trinajstić information content (AvgIpc) is 2.73. The fraction of sp³-hybridized carbons (Fsp3) is 0.0952. The predicted octanol–water partition coefficient (Wildman–Crippen LogP) is 4.19. The normalized spacial score (nSPS) is 11.1. The van der Waals surface area contributed by atoms with Crippen molar-refractivity contribution in [2.45, 2.75) is 18.2 Å². The number of nitro groups is 1. The zero-order chi connectivity index (χ0) is 21.0. The van der Waals surface area contributed by atoms with Crippen molar-refractivity contribution in [3.05, 3.63) is 99.6 Å². The summed E-state index contributed by atoms with van der Waals surface area (Å²) >= 11 is 0. The highest BCUT2D eigenvalue weighted by Gasteiger charge is 2.22. The van der Waals surface area contributed by atoms with Crippen LogP contribution in [-0.4, -0.2) is 19.1 Å². The van der Waals surface area contributed by atoms with E-state index in [4.69, 9.17) is 0 Å². The van der Waals surface area contributed by atoms with Crippen molar-refractivity contribution in [3.8, 4) is 0 Å². The van der Waals surface area contributed by atoms with Gasteiger partial charge in [-0.25, -0.2) is 8.42 Å². The standard InChI is InChI=1S/C21H18N2O5S/c1-2-15-8-11-18(12-9-15)29(27,28)22-20-13-10-17(23(25)26)14-19(20)21(24)16-6-4-3-5-7-16/h3-14,22H,2H2,1H3. The number of carbonyl (C=O) groups is 1. The molecule has 1 N–H and O–H groups in total. The lowest BCUT2D eigenvalue weighted by atomic mass is 10.0. The van der Waals surface area contributed by atoms with Gasteiger partial charge in [-0.1, -0.05) is 49.4 Å². The quantitative estimate of drug-likeness (QED) is 0.357. The Hall–Kier alpha value is -3.52. The Morgan fingerprint density at radius 1 is 1.00 bits per heavy atom. The molecule has 0 aliphatic carbocycles. The number of nitro benzene ring substituents is 1. The number of ketones is 1. The van der Waals surface area contributed by atoms with Crippen molar-refractivity contribution < 1.29 is 18.1 Å². The molecule has 0 aliphatic heterocycles. The minimum absolute atomic E-state index is 0.0241. The average molecular weight is 410 g/mol. The van der Waals surface area contributed by atoms with Gasteiger partial charge in [0, 0.05) is 17.7 Å². The molecule has 0 saturated carbocycles. The Morgan fingerprint density at radius 3 is 2.24 bits per heavy atom. The highest BCUT2D eigenvalue weighted by atomic mass is 32.2. The predicted molar refractivity (Wildman–Crippen MR) is 110 cm³/mol. The third-order valence-corrected chi connectivity index (χ3v) is 5.76. The molecular weight excluding hydrogens is 392 g/mol. The first-order valence-corrected chi connectivity index (χ1v) is 10.3. The van der Waals surface area contributed by atoms with Gasteiger partial charge in [0.25, 0.3) is 15.7 Å². The van der Waals surface area contributed by atoms with E-state index in [1.54, 1.807) is 42.5 Å². The van der Waals surface area contributed by atoms with Crippen LogP contribution in [0.15, 0.2) is 77.7 Å². The molecule has 0 amide bonds. The van der Waals surface area contributed by atoms with Crippen molar-refractivity contribution in [1.29, 1.82) is 0 Å². The van der Waals surface area contributed by atoms with Crippen molar-refractivity contribution in [3.63, 3.8) is 0 Å². The summed E-state index contributed by atoms with van der Waals surface area (Å²) in [5, 5.41) is 11.1. The van der Waals surface area contributed by atoms with Gasteiger partial charge >= 0.3 is 0 Å². The molecule has 0 fully saturated rings. The first kappa shape index (κ1) is 20.2. The number of nitrogens with one attached hydrogen (secondary N) is 1. The Bertz CT molecular complexity index is 1160. The van der Waals surface area contributed by atoms with Gasteiger partial charge in [-0.3, -0.25) is 19.6 Å². The first-order valence-electron chi connectivity index (χ1n) is 8.82. The van der Waals surface area contributed by atoms with Crippen LogP contribution in [0.1, 0.15) is 28.4 Å². The minimum atomic E-state index is -3.98. The van der Waals surface area contributed by atoms with Crippen LogP contribution in [0.5, 0.6) is 0 Å². The first-order chi connectivity index (χ1) is 13.8. The molecule has 0 aliphatic rings. The molecule has 8 heteroatoms. The van der Waals surface area contributed by atoms with E-state index in [-0.39, 0.29) is 21.8 Å². The molecule has 29 heavy (non-hydrogen) atoms. The summed E-state index contributed by atoms with van der Waals surface area (Å²) in [5.74, 6) is -0.520. The van der Waals surface area contributed by atoms with Crippen LogP contribution in [0.3, 0.4) is 0 Å². The Labute approximate surface area is 168 Å². The summed E-state index contributed by atoms with van der Waals surface area (Å²) in [4.78, 5) is 23.4. The van der Waals surface area contributed by atoms with Crippen LogP contribution in [-0.2, 0) is 16.4 Å². The molecule has 3 rings (SSSR count). The van der Waals surface area contributed by atoms with Crippen molar-refractivity contribution in [2.75, 3.05) is 4.72 Å². The van der Waals surface area contributed by atoms with Gasteiger partial charge in [0.2, 0.25) is 0 Å². The second-order valence-electron chi connectivity index (χ2n) is 6.29. The van der Waals surface area contributed by atoms with E-state index < -0.39 is 20.7 Å². The van der Waals surface area contributed by atoms with Gasteiger partial charge in [0.05, 0.1) is 21.1 Å². The van der Waals surface area contributed by atoms with Gasteiger partial charge < -0.3 is 0 Å². The largest absolute Gasteiger partial charge is 0.289 e. The Kier molecular flexibility index (Phi) is 5.74. The zero-order valence-corrected chi connectivity index (χ0v) is 16.3. The molecular formula is C21H18N2O5S. The lowest BCUT2D eigenvalue weighted by Gasteiger charge is -2.12. The molecule has 148 valence electrons. The van der Waals surface area contributed by atoms with Gasteiger partial charge in [-0.05, 0) is 30.2 Å². The lowest BCUT2D eigenvalue weighted by molar-refractivity contribution is -0.384. The van der Waals surface area contributed by atoms with Crippen LogP contribution in [0, 0.1) is 10.1 Å². The molecule has 0 radical (unpaired) electrons. The molecule has 0 saturated heterocycles. The summed E-state index contributed by atoms with van der Waals surface area (Å²) in [6, 6.07) is 18.0. The number of hydrogen-bond acceptors (Lipinski definition) is 5. The molecule has 7 nitrogen and oxygen atoms in total. The second kappa shape index (κ2) is 8.24. The molecule has 0 unspecified atom stereocenters. The van der Waals surface area contributed by atoms with Crippen LogP contribution in [0.25, 0.3) is 0 Å². The number of carbonyl (C=O) groups excluding carboxylic acids is 1. The monoisotopic (exact) mass is 410 g/mol. The van der Waals surface area contributed by atoms with E-state index in [0.717, 1.165) is 24.1 Å². The maximum absolute atomic E-state index is 12.9. The number of benzene rings is 3.